The Hall–Kier alpha value is -0.120. The van der Waals surface area contributed by atoms with Gasteiger partial charge in [-0.05, 0) is 51.5 Å². The molecule has 0 amide bonds. The van der Waals surface area contributed by atoms with Gasteiger partial charge in [0.25, 0.3) is 0 Å². The van der Waals surface area contributed by atoms with Gasteiger partial charge in [0.1, 0.15) is 0 Å². The first kappa shape index (κ1) is 11.4. The Morgan fingerprint density at radius 3 is 2.33 bits per heavy atom. The molecule has 0 atom stereocenters. The quantitative estimate of drug-likeness (QED) is 0.732. The number of hydrogen-bond donors (Lipinski definition) is 2. The molecule has 0 bridgehead atoms. The molecule has 0 aromatic rings. The monoisotopic (exact) mass is 212 g/mol. The molecule has 88 valence electrons. The molecule has 15 heavy (non-hydrogen) atoms. The summed E-state index contributed by atoms with van der Waals surface area (Å²) >= 11 is 0. The molecule has 0 aliphatic heterocycles. The highest BCUT2D eigenvalue weighted by Gasteiger charge is 2.30. The van der Waals surface area contributed by atoms with Crippen LogP contribution in [0.4, 0.5) is 0 Å². The highest BCUT2D eigenvalue weighted by molar-refractivity contribution is 4.85. The van der Waals surface area contributed by atoms with Gasteiger partial charge in [-0.25, -0.2) is 0 Å². The average molecular weight is 212 g/mol. The first-order chi connectivity index (χ1) is 7.15. The smallest absolute Gasteiger partial charge is 0.0546 e. The maximum atomic E-state index is 9.24. The van der Waals surface area contributed by atoms with Gasteiger partial charge in [-0.3, -0.25) is 0 Å². The maximum Gasteiger partial charge on any atom is 0.0546 e. The third kappa shape index (κ3) is 2.92. The summed E-state index contributed by atoms with van der Waals surface area (Å²) in [4.78, 5) is 2.49. The fourth-order valence-corrected chi connectivity index (χ4v) is 2.95. The van der Waals surface area contributed by atoms with E-state index in [1.54, 1.807) is 0 Å². The van der Waals surface area contributed by atoms with Crippen molar-refractivity contribution < 1.29 is 5.11 Å². The molecule has 2 fully saturated rings. The zero-order chi connectivity index (χ0) is 10.8. The van der Waals surface area contributed by atoms with E-state index < -0.39 is 0 Å². The fraction of sp³-hybridized carbons (Fsp3) is 1.00. The van der Waals surface area contributed by atoms with Crippen molar-refractivity contribution in [2.24, 2.45) is 11.7 Å². The molecule has 2 aliphatic rings. The summed E-state index contributed by atoms with van der Waals surface area (Å²) in [6, 6.07) is 1.18. The Morgan fingerprint density at radius 2 is 1.80 bits per heavy atom. The molecule has 3 nitrogen and oxygen atoms in total. The van der Waals surface area contributed by atoms with E-state index in [9.17, 15) is 5.11 Å². The Morgan fingerprint density at radius 1 is 1.20 bits per heavy atom. The first-order valence-corrected chi connectivity index (χ1v) is 6.29. The lowest BCUT2D eigenvalue weighted by atomic mass is 9.81. The lowest BCUT2D eigenvalue weighted by Gasteiger charge is -2.39. The molecule has 2 rings (SSSR count). The molecule has 2 aliphatic carbocycles. The molecule has 3 N–H and O–H groups in total. The van der Waals surface area contributed by atoms with Gasteiger partial charge in [0.2, 0.25) is 0 Å². The molecule has 0 aromatic heterocycles. The topological polar surface area (TPSA) is 49.5 Å². The summed E-state index contributed by atoms with van der Waals surface area (Å²) in [5.41, 5.74) is 5.90. The minimum absolute atomic E-state index is 0.0109. The number of aliphatic hydroxyl groups is 1. The molecule has 3 heteroatoms. The molecular formula is C12H24N2O. The van der Waals surface area contributed by atoms with Crippen LogP contribution in [0.2, 0.25) is 0 Å². The van der Waals surface area contributed by atoms with E-state index in [-0.39, 0.29) is 6.10 Å². The molecule has 0 saturated heterocycles. The zero-order valence-corrected chi connectivity index (χ0v) is 9.73. The Bertz CT molecular complexity index is 196. The number of rotatable bonds is 3. The van der Waals surface area contributed by atoms with E-state index in [0.717, 1.165) is 31.3 Å². The van der Waals surface area contributed by atoms with Crippen LogP contribution in [0, 0.1) is 5.92 Å². The van der Waals surface area contributed by atoms with E-state index >= 15 is 0 Å². The Balaban J connectivity index is 1.69. The molecule has 0 unspecified atom stereocenters. The van der Waals surface area contributed by atoms with Crippen molar-refractivity contribution in [1.29, 1.82) is 0 Å². The number of nitrogens with zero attached hydrogens (tertiary/aromatic N) is 1. The molecule has 2 saturated carbocycles. The van der Waals surface area contributed by atoms with Crippen molar-refractivity contribution in [1.82, 2.24) is 4.90 Å². The van der Waals surface area contributed by atoms with Crippen molar-refractivity contribution in [2.75, 3.05) is 13.6 Å². The van der Waals surface area contributed by atoms with Gasteiger partial charge in [0.15, 0.2) is 0 Å². The van der Waals surface area contributed by atoms with Crippen LogP contribution in [0.5, 0.6) is 0 Å². The zero-order valence-electron chi connectivity index (χ0n) is 9.73. The van der Waals surface area contributed by atoms with Gasteiger partial charge in [-0.15, -0.1) is 0 Å². The van der Waals surface area contributed by atoms with Gasteiger partial charge in [0.05, 0.1) is 6.10 Å². The van der Waals surface area contributed by atoms with Crippen LogP contribution >= 0.6 is 0 Å². The van der Waals surface area contributed by atoms with Gasteiger partial charge >= 0.3 is 0 Å². The van der Waals surface area contributed by atoms with Crippen LogP contribution in [0.1, 0.15) is 38.5 Å². The second-order valence-corrected chi connectivity index (χ2v) is 5.50. The second kappa shape index (κ2) is 4.81. The third-order valence-electron chi connectivity index (χ3n) is 4.12. The molecule has 0 spiro atoms. The minimum Gasteiger partial charge on any atom is -0.393 e. The summed E-state index contributed by atoms with van der Waals surface area (Å²) in [7, 11) is 2.23. The summed E-state index contributed by atoms with van der Waals surface area (Å²) in [6.45, 7) is 1.16. The summed E-state index contributed by atoms with van der Waals surface area (Å²) in [6.07, 6.45) is 6.89. The van der Waals surface area contributed by atoms with E-state index in [2.05, 4.69) is 11.9 Å². The molecule has 0 aromatic carbocycles. The minimum atomic E-state index is -0.0109. The predicted octanol–water partition coefficient (Wildman–Crippen LogP) is 0.959. The normalized spacial score (nSPS) is 41.6. The van der Waals surface area contributed by atoms with Crippen molar-refractivity contribution in [2.45, 2.75) is 56.7 Å². The lowest BCUT2D eigenvalue weighted by Crippen LogP contribution is -2.44. The van der Waals surface area contributed by atoms with E-state index in [0.29, 0.717) is 6.04 Å². The highest BCUT2D eigenvalue weighted by atomic mass is 16.3. The van der Waals surface area contributed by atoms with Gasteiger partial charge < -0.3 is 15.7 Å². The van der Waals surface area contributed by atoms with Crippen LogP contribution in [0.15, 0.2) is 0 Å². The van der Waals surface area contributed by atoms with Crippen molar-refractivity contribution in [3.8, 4) is 0 Å². The van der Waals surface area contributed by atoms with E-state index in [1.165, 1.54) is 25.7 Å². The predicted molar refractivity (Wildman–Crippen MR) is 61.6 cm³/mol. The van der Waals surface area contributed by atoms with Crippen LogP contribution in [-0.2, 0) is 0 Å². The van der Waals surface area contributed by atoms with Crippen LogP contribution in [-0.4, -0.2) is 41.8 Å². The summed E-state index contributed by atoms with van der Waals surface area (Å²) < 4.78 is 0. The molecular weight excluding hydrogens is 188 g/mol. The van der Waals surface area contributed by atoms with Crippen molar-refractivity contribution >= 4 is 0 Å². The first-order valence-electron chi connectivity index (χ1n) is 6.29. The van der Waals surface area contributed by atoms with E-state index in [1.807, 2.05) is 0 Å². The highest BCUT2D eigenvalue weighted by Crippen LogP contribution is 2.29. The lowest BCUT2D eigenvalue weighted by molar-refractivity contribution is 0.0186. The van der Waals surface area contributed by atoms with Gasteiger partial charge in [-0.1, -0.05) is 0 Å². The summed E-state index contributed by atoms with van der Waals surface area (Å²) in [5.74, 6) is 0.737. The molecule has 0 heterocycles. The van der Waals surface area contributed by atoms with Gasteiger partial charge in [-0.2, -0.15) is 0 Å². The largest absolute Gasteiger partial charge is 0.393 e. The van der Waals surface area contributed by atoms with Crippen LogP contribution in [0.25, 0.3) is 0 Å². The fourth-order valence-electron chi connectivity index (χ4n) is 2.95. The van der Waals surface area contributed by atoms with Crippen molar-refractivity contribution in [3.63, 3.8) is 0 Å². The Kier molecular flexibility index (Phi) is 3.65. The van der Waals surface area contributed by atoms with Crippen LogP contribution in [0.3, 0.4) is 0 Å². The van der Waals surface area contributed by atoms with Gasteiger partial charge in [0, 0.05) is 18.6 Å². The van der Waals surface area contributed by atoms with Crippen molar-refractivity contribution in [3.05, 3.63) is 0 Å². The number of hydrogen-bond acceptors (Lipinski definition) is 3. The average Bonchev–Trinajstić information content (AvgIpc) is 2.16. The van der Waals surface area contributed by atoms with E-state index in [4.69, 9.17) is 5.73 Å². The third-order valence-corrected chi connectivity index (χ3v) is 4.12. The standard InChI is InChI=1S/C12H24N2O/c1-14(8-9-6-12(15)7-9)11-4-2-10(13)3-5-11/h9-12,15H,2-8,13H2,1H3. The summed E-state index contributed by atoms with van der Waals surface area (Å²) in [5, 5.41) is 9.24. The SMILES string of the molecule is CN(CC1CC(O)C1)C1CCC(N)CC1. The second-order valence-electron chi connectivity index (χ2n) is 5.50. The molecule has 0 radical (unpaired) electrons. The Labute approximate surface area is 92.6 Å². The van der Waals surface area contributed by atoms with Crippen LogP contribution < -0.4 is 5.73 Å². The maximum absolute atomic E-state index is 9.24. The number of nitrogens with two attached hydrogens (primary N) is 1. The number of aliphatic hydroxyl groups excluding tert-OH is 1.